The quantitative estimate of drug-likeness (QED) is 0.785. The minimum atomic E-state index is 0.0369. The van der Waals surface area contributed by atoms with Crippen LogP contribution in [0.1, 0.15) is 22.7 Å². The zero-order valence-corrected chi connectivity index (χ0v) is 11.3. The van der Waals surface area contributed by atoms with Gasteiger partial charge in [-0.2, -0.15) is 0 Å². The fourth-order valence-electron chi connectivity index (χ4n) is 1.87. The zero-order chi connectivity index (χ0) is 12.8. The second-order valence-corrected chi connectivity index (χ2v) is 4.85. The van der Waals surface area contributed by atoms with Crippen molar-refractivity contribution in [2.45, 2.75) is 19.9 Å². The van der Waals surface area contributed by atoms with Crippen molar-refractivity contribution < 1.29 is 5.11 Å². The Morgan fingerprint density at radius 1 is 1.29 bits per heavy atom. The van der Waals surface area contributed by atoms with Gasteiger partial charge in [-0.05, 0) is 39.1 Å². The molecule has 1 unspecified atom stereocenters. The number of aliphatic hydroxyl groups excluding tert-OH is 1. The summed E-state index contributed by atoms with van der Waals surface area (Å²) < 4.78 is 0. The molecule has 0 aromatic heterocycles. The van der Waals surface area contributed by atoms with Crippen molar-refractivity contribution in [3.05, 3.63) is 34.9 Å². The molecule has 0 aliphatic carbocycles. The molecule has 0 amide bonds. The van der Waals surface area contributed by atoms with Crippen molar-refractivity contribution >= 4 is 0 Å². The van der Waals surface area contributed by atoms with E-state index in [-0.39, 0.29) is 12.6 Å². The van der Waals surface area contributed by atoms with Gasteiger partial charge in [0.15, 0.2) is 0 Å². The highest BCUT2D eigenvalue weighted by atomic mass is 16.3. The molecular formula is C14H24N2O. The predicted octanol–water partition coefficient (Wildman–Crippen LogP) is 1.49. The van der Waals surface area contributed by atoms with Crippen LogP contribution in [-0.2, 0) is 0 Å². The number of likely N-dealkylation sites (N-methyl/N-ethyl adjacent to an activating group) is 1. The van der Waals surface area contributed by atoms with Crippen LogP contribution in [0.25, 0.3) is 0 Å². The van der Waals surface area contributed by atoms with Crippen molar-refractivity contribution in [2.24, 2.45) is 0 Å². The normalized spacial score (nSPS) is 13.1. The van der Waals surface area contributed by atoms with E-state index >= 15 is 0 Å². The highest BCUT2D eigenvalue weighted by Crippen LogP contribution is 2.18. The Morgan fingerprint density at radius 2 is 2.00 bits per heavy atom. The Morgan fingerprint density at radius 3 is 2.59 bits per heavy atom. The Labute approximate surface area is 104 Å². The van der Waals surface area contributed by atoms with Gasteiger partial charge >= 0.3 is 0 Å². The third-order valence-corrected chi connectivity index (χ3v) is 2.94. The van der Waals surface area contributed by atoms with E-state index in [1.807, 2.05) is 14.1 Å². The summed E-state index contributed by atoms with van der Waals surface area (Å²) in [6, 6.07) is 6.40. The second kappa shape index (κ2) is 6.74. The monoisotopic (exact) mass is 236 g/mol. The third-order valence-electron chi connectivity index (χ3n) is 2.94. The molecule has 1 aromatic carbocycles. The van der Waals surface area contributed by atoms with Crippen LogP contribution in [0.5, 0.6) is 0 Å². The van der Waals surface area contributed by atoms with Gasteiger partial charge in [0, 0.05) is 13.1 Å². The van der Waals surface area contributed by atoms with Gasteiger partial charge in [-0.3, -0.25) is 0 Å². The number of hydrogen-bond acceptors (Lipinski definition) is 3. The smallest absolute Gasteiger partial charge is 0.0626 e. The highest BCUT2D eigenvalue weighted by molar-refractivity contribution is 5.33. The van der Waals surface area contributed by atoms with Gasteiger partial charge in [0.25, 0.3) is 0 Å². The highest BCUT2D eigenvalue weighted by Gasteiger charge is 2.12. The van der Waals surface area contributed by atoms with Gasteiger partial charge in [0.05, 0.1) is 12.6 Å². The van der Waals surface area contributed by atoms with Crippen LogP contribution in [0.15, 0.2) is 18.2 Å². The van der Waals surface area contributed by atoms with E-state index in [1.165, 1.54) is 16.7 Å². The van der Waals surface area contributed by atoms with Crippen molar-refractivity contribution in [1.29, 1.82) is 0 Å². The zero-order valence-electron chi connectivity index (χ0n) is 11.3. The maximum Gasteiger partial charge on any atom is 0.0626 e. The maximum atomic E-state index is 9.48. The Kier molecular flexibility index (Phi) is 5.62. The van der Waals surface area contributed by atoms with Crippen LogP contribution < -0.4 is 5.32 Å². The minimum absolute atomic E-state index is 0.0369. The minimum Gasteiger partial charge on any atom is -0.394 e. The average Bonchev–Trinajstić information content (AvgIpc) is 2.28. The number of hydrogen-bond donors (Lipinski definition) is 2. The lowest BCUT2D eigenvalue weighted by Gasteiger charge is -2.20. The molecule has 0 radical (unpaired) electrons. The van der Waals surface area contributed by atoms with Crippen LogP contribution >= 0.6 is 0 Å². The van der Waals surface area contributed by atoms with E-state index < -0.39 is 0 Å². The van der Waals surface area contributed by atoms with Crippen LogP contribution in [-0.4, -0.2) is 43.8 Å². The van der Waals surface area contributed by atoms with E-state index in [0.29, 0.717) is 0 Å². The largest absolute Gasteiger partial charge is 0.394 e. The van der Waals surface area contributed by atoms with Crippen molar-refractivity contribution in [3.63, 3.8) is 0 Å². The molecule has 0 saturated heterocycles. The molecule has 0 heterocycles. The fourth-order valence-corrected chi connectivity index (χ4v) is 1.87. The third kappa shape index (κ3) is 4.46. The molecule has 1 aromatic rings. The first kappa shape index (κ1) is 14.2. The molecule has 0 bridgehead atoms. The Hall–Kier alpha value is -0.900. The van der Waals surface area contributed by atoms with E-state index in [9.17, 15) is 5.11 Å². The lowest BCUT2D eigenvalue weighted by atomic mass is 9.99. The van der Waals surface area contributed by atoms with Gasteiger partial charge in [-0.1, -0.05) is 23.8 Å². The summed E-state index contributed by atoms with van der Waals surface area (Å²) in [5.41, 5.74) is 3.66. The molecule has 0 aliphatic rings. The van der Waals surface area contributed by atoms with E-state index in [0.717, 1.165) is 13.1 Å². The SMILES string of the molecule is Cc1ccc(C)c(C(CO)NCCN(C)C)c1. The molecular weight excluding hydrogens is 212 g/mol. The number of rotatable bonds is 6. The molecule has 0 aliphatic heterocycles. The second-order valence-electron chi connectivity index (χ2n) is 4.85. The number of nitrogens with one attached hydrogen (secondary N) is 1. The molecule has 0 fully saturated rings. The summed E-state index contributed by atoms with van der Waals surface area (Å²) >= 11 is 0. The summed E-state index contributed by atoms with van der Waals surface area (Å²) in [4.78, 5) is 2.13. The van der Waals surface area contributed by atoms with Crippen molar-refractivity contribution in [3.8, 4) is 0 Å². The van der Waals surface area contributed by atoms with E-state index in [4.69, 9.17) is 0 Å². The molecule has 1 rings (SSSR count). The number of nitrogens with zero attached hydrogens (tertiary/aromatic N) is 1. The standard InChI is InChI=1S/C14H24N2O/c1-11-5-6-12(2)13(9-11)14(10-17)15-7-8-16(3)4/h5-6,9,14-15,17H,7-8,10H2,1-4H3. The molecule has 3 nitrogen and oxygen atoms in total. The van der Waals surface area contributed by atoms with Crippen molar-refractivity contribution in [1.82, 2.24) is 10.2 Å². The van der Waals surface area contributed by atoms with E-state index in [2.05, 4.69) is 42.3 Å². The van der Waals surface area contributed by atoms with Crippen LogP contribution in [0.2, 0.25) is 0 Å². The summed E-state index contributed by atoms with van der Waals surface area (Å²) in [6.45, 7) is 6.16. The number of aliphatic hydroxyl groups is 1. The Bertz CT molecular complexity index is 350. The molecule has 0 saturated carbocycles. The maximum absolute atomic E-state index is 9.48. The molecule has 0 spiro atoms. The summed E-state index contributed by atoms with van der Waals surface area (Å²) in [6.07, 6.45) is 0. The topological polar surface area (TPSA) is 35.5 Å². The molecule has 1 atom stereocenters. The van der Waals surface area contributed by atoms with Gasteiger partial charge in [0.1, 0.15) is 0 Å². The lowest BCUT2D eigenvalue weighted by molar-refractivity contribution is 0.240. The number of aryl methyl sites for hydroxylation is 2. The number of benzene rings is 1. The summed E-state index contributed by atoms with van der Waals surface area (Å²) in [7, 11) is 4.10. The first-order valence-electron chi connectivity index (χ1n) is 6.10. The Balaban J connectivity index is 2.68. The van der Waals surface area contributed by atoms with Crippen LogP contribution in [0.3, 0.4) is 0 Å². The van der Waals surface area contributed by atoms with Crippen LogP contribution in [0, 0.1) is 13.8 Å². The molecule has 3 heteroatoms. The first-order valence-corrected chi connectivity index (χ1v) is 6.10. The van der Waals surface area contributed by atoms with Crippen molar-refractivity contribution in [2.75, 3.05) is 33.8 Å². The molecule has 2 N–H and O–H groups in total. The summed E-state index contributed by atoms with van der Waals surface area (Å²) in [5, 5.41) is 12.9. The predicted molar refractivity (Wildman–Crippen MR) is 72.3 cm³/mol. The van der Waals surface area contributed by atoms with Crippen LogP contribution in [0.4, 0.5) is 0 Å². The van der Waals surface area contributed by atoms with Gasteiger partial charge in [0.2, 0.25) is 0 Å². The molecule has 96 valence electrons. The van der Waals surface area contributed by atoms with Gasteiger partial charge < -0.3 is 15.3 Å². The van der Waals surface area contributed by atoms with Gasteiger partial charge in [-0.25, -0.2) is 0 Å². The first-order chi connectivity index (χ1) is 8.04. The molecule has 17 heavy (non-hydrogen) atoms. The van der Waals surface area contributed by atoms with Gasteiger partial charge in [-0.15, -0.1) is 0 Å². The lowest BCUT2D eigenvalue weighted by Crippen LogP contribution is -2.31. The summed E-state index contributed by atoms with van der Waals surface area (Å²) in [5.74, 6) is 0. The van der Waals surface area contributed by atoms with E-state index in [1.54, 1.807) is 0 Å². The average molecular weight is 236 g/mol. The fraction of sp³-hybridized carbons (Fsp3) is 0.571.